The molecule has 1 N–H and O–H groups in total. The molecule has 0 saturated heterocycles. The number of hydrogen-bond acceptors (Lipinski definition) is 2. The zero-order chi connectivity index (χ0) is 16.0. The minimum atomic E-state index is -0.894. The van der Waals surface area contributed by atoms with Crippen LogP contribution in [0.2, 0.25) is 0 Å². The van der Waals surface area contributed by atoms with Gasteiger partial charge in [-0.15, -0.1) is 0 Å². The molecule has 0 saturated carbocycles. The number of carboxylic acid groups (broad SMARTS) is 1. The van der Waals surface area contributed by atoms with E-state index in [9.17, 15) is 9.59 Å². The van der Waals surface area contributed by atoms with Crippen molar-refractivity contribution in [2.24, 2.45) is 5.92 Å². The van der Waals surface area contributed by atoms with Crippen molar-refractivity contribution in [3.63, 3.8) is 0 Å². The summed E-state index contributed by atoms with van der Waals surface area (Å²) in [6, 6.07) is 7.55. The zero-order valence-corrected chi connectivity index (χ0v) is 14.1. The maximum absolute atomic E-state index is 12.4. The van der Waals surface area contributed by atoms with Crippen LogP contribution < -0.4 is 0 Å². The first kappa shape index (κ1) is 17.5. The lowest BCUT2D eigenvalue weighted by Gasteiger charge is -2.28. The van der Waals surface area contributed by atoms with Crippen LogP contribution in [-0.4, -0.2) is 47.0 Å². The first-order valence-electron chi connectivity index (χ1n) is 6.83. The average Bonchev–Trinajstić information content (AvgIpc) is 2.45. The summed E-state index contributed by atoms with van der Waals surface area (Å²) >= 11 is 3.46. The average molecular weight is 357 g/mol. The predicted octanol–water partition coefficient (Wildman–Crippen LogP) is 3.04. The SMILES string of the molecule is CCN(CC(C)C(=O)O)C(=O)N(C)Cc1ccccc1Br. The van der Waals surface area contributed by atoms with Crippen molar-refractivity contribution in [2.75, 3.05) is 20.1 Å². The van der Waals surface area contributed by atoms with E-state index >= 15 is 0 Å². The summed E-state index contributed by atoms with van der Waals surface area (Å²) in [5.41, 5.74) is 1.01. The molecule has 0 bridgehead atoms. The van der Waals surface area contributed by atoms with Crippen LogP contribution in [-0.2, 0) is 11.3 Å². The molecule has 0 heterocycles. The van der Waals surface area contributed by atoms with E-state index in [2.05, 4.69) is 15.9 Å². The molecule has 1 atom stereocenters. The van der Waals surface area contributed by atoms with Gasteiger partial charge in [0.25, 0.3) is 0 Å². The zero-order valence-electron chi connectivity index (χ0n) is 12.5. The standard InChI is InChI=1S/C15H21BrN2O3/c1-4-18(9-11(2)14(19)20)15(21)17(3)10-12-7-5-6-8-13(12)16/h5-8,11H,4,9-10H2,1-3H3,(H,19,20). The maximum atomic E-state index is 12.4. The van der Waals surface area contributed by atoms with E-state index in [1.54, 1.807) is 23.8 Å². The lowest BCUT2D eigenvalue weighted by atomic mass is 10.1. The molecule has 1 rings (SSSR count). The summed E-state index contributed by atoms with van der Waals surface area (Å²) in [6.45, 7) is 4.62. The Morgan fingerprint density at radius 1 is 1.33 bits per heavy atom. The molecule has 1 aromatic rings. The number of carboxylic acids is 1. The number of aliphatic carboxylic acids is 1. The molecule has 0 fully saturated rings. The van der Waals surface area contributed by atoms with Crippen molar-refractivity contribution in [1.82, 2.24) is 9.80 Å². The Bertz CT molecular complexity index is 507. The van der Waals surface area contributed by atoms with Crippen LogP contribution >= 0.6 is 15.9 Å². The van der Waals surface area contributed by atoms with Crippen LogP contribution in [0.15, 0.2) is 28.7 Å². The van der Waals surface area contributed by atoms with E-state index in [1.165, 1.54) is 0 Å². The number of rotatable bonds is 6. The molecule has 1 unspecified atom stereocenters. The van der Waals surface area contributed by atoms with E-state index in [-0.39, 0.29) is 12.6 Å². The molecule has 0 aromatic heterocycles. The van der Waals surface area contributed by atoms with Crippen molar-refractivity contribution in [2.45, 2.75) is 20.4 Å². The second-order valence-electron chi connectivity index (χ2n) is 5.01. The Balaban J connectivity index is 2.71. The highest BCUT2D eigenvalue weighted by molar-refractivity contribution is 9.10. The molecule has 5 nitrogen and oxygen atoms in total. The highest BCUT2D eigenvalue weighted by Crippen LogP contribution is 2.18. The van der Waals surface area contributed by atoms with Gasteiger partial charge in [-0.1, -0.05) is 41.1 Å². The van der Waals surface area contributed by atoms with Crippen molar-refractivity contribution < 1.29 is 14.7 Å². The molecule has 21 heavy (non-hydrogen) atoms. The van der Waals surface area contributed by atoms with Crippen LogP contribution in [0.25, 0.3) is 0 Å². The minimum absolute atomic E-state index is 0.165. The second-order valence-corrected chi connectivity index (χ2v) is 5.86. The lowest BCUT2D eigenvalue weighted by Crippen LogP contribution is -2.43. The van der Waals surface area contributed by atoms with E-state index < -0.39 is 11.9 Å². The maximum Gasteiger partial charge on any atom is 0.320 e. The lowest BCUT2D eigenvalue weighted by molar-refractivity contribution is -0.141. The molecule has 0 aliphatic rings. The summed E-state index contributed by atoms with van der Waals surface area (Å²) in [4.78, 5) is 26.5. The molecular weight excluding hydrogens is 336 g/mol. The van der Waals surface area contributed by atoms with Crippen LogP contribution in [0.4, 0.5) is 4.79 Å². The number of hydrogen-bond donors (Lipinski definition) is 1. The van der Waals surface area contributed by atoms with Gasteiger partial charge in [-0.05, 0) is 18.6 Å². The van der Waals surface area contributed by atoms with E-state index in [0.717, 1.165) is 10.0 Å². The van der Waals surface area contributed by atoms with Crippen LogP contribution in [0.5, 0.6) is 0 Å². The van der Waals surface area contributed by atoms with Crippen molar-refractivity contribution in [3.8, 4) is 0 Å². The van der Waals surface area contributed by atoms with Gasteiger partial charge in [0.05, 0.1) is 5.92 Å². The first-order chi connectivity index (χ1) is 9.86. The highest BCUT2D eigenvalue weighted by atomic mass is 79.9. The Hall–Kier alpha value is -1.56. The summed E-state index contributed by atoms with van der Waals surface area (Å²) in [5.74, 6) is -1.47. The van der Waals surface area contributed by atoms with Gasteiger partial charge in [-0.25, -0.2) is 4.79 Å². The van der Waals surface area contributed by atoms with Gasteiger partial charge in [-0.3, -0.25) is 4.79 Å². The number of carbonyl (C=O) groups excluding carboxylic acids is 1. The van der Waals surface area contributed by atoms with Crippen LogP contribution in [0.1, 0.15) is 19.4 Å². The molecule has 6 heteroatoms. The molecule has 0 radical (unpaired) electrons. The van der Waals surface area contributed by atoms with Gasteiger partial charge >= 0.3 is 12.0 Å². The molecule has 0 aliphatic heterocycles. The topological polar surface area (TPSA) is 60.9 Å². The summed E-state index contributed by atoms with van der Waals surface area (Å²) in [6.07, 6.45) is 0. The molecule has 116 valence electrons. The third-order valence-corrected chi connectivity index (χ3v) is 4.03. The molecular formula is C15H21BrN2O3. The van der Waals surface area contributed by atoms with Crippen LogP contribution in [0, 0.1) is 5.92 Å². The highest BCUT2D eigenvalue weighted by Gasteiger charge is 2.22. The number of nitrogens with zero attached hydrogens (tertiary/aromatic N) is 2. The number of carbonyl (C=O) groups is 2. The molecule has 0 spiro atoms. The minimum Gasteiger partial charge on any atom is -0.481 e. The Morgan fingerprint density at radius 2 is 1.95 bits per heavy atom. The van der Waals surface area contributed by atoms with Gasteiger partial charge in [0.1, 0.15) is 0 Å². The first-order valence-corrected chi connectivity index (χ1v) is 7.62. The van der Waals surface area contributed by atoms with Gasteiger partial charge in [0, 0.05) is 31.2 Å². The van der Waals surface area contributed by atoms with Gasteiger partial charge in [0.2, 0.25) is 0 Å². The smallest absolute Gasteiger partial charge is 0.320 e. The van der Waals surface area contributed by atoms with Crippen molar-refractivity contribution in [1.29, 1.82) is 0 Å². The van der Waals surface area contributed by atoms with Gasteiger partial charge < -0.3 is 14.9 Å². The summed E-state index contributed by atoms with van der Waals surface area (Å²) in [5, 5.41) is 8.96. The summed E-state index contributed by atoms with van der Waals surface area (Å²) in [7, 11) is 1.72. The number of benzene rings is 1. The molecule has 1 aromatic carbocycles. The van der Waals surface area contributed by atoms with E-state index in [4.69, 9.17) is 5.11 Å². The Labute approximate surface area is 133 Å². The third kappa shape index (κ3) is 5.04. The fourth-order valence-corrected chi connectivity index (χ4v) is 2.35. The quantitative estimate of drug-likeness (QED) is 0.851. The van der Waals surface area contributed by atoms with E-state index in [1.807, 2.05) is 31.2 Å². The second kappa shape index (κ2) is 8.02. The fraction of sp³-hybridized carbons (Fsp3) is 0.467. The largest absolute Gasteiger partial charge is 0.481 e. The van der Waals surface area contributed by atoms with Gasteiger partial charge in [0.15, 0.2) is 0 Å². The Morgan fingerprint density at radius 3 is 2.48 bits per heavy atom. The predicted molar refractivity (Wildman–Crippen MR) is 85.1 cm³/mol. The molecule has 2 amide bonds. The number of halogens is 1. The summed E-state index contributed by atoms with van der Waals surface area (Å²) < 4.78 is 0.951. The number of amides is 2. The van der Waals surface area contributed by atoms with E-state index in [0.29, 0.717) is 13.1 Å². The molecule has 0 aliphatic carbocycles. The number of urea groups is 1. The third-order valence-electron chi connectivity index (χ3n) is 3.26. The van der Waals surface area contributed by atoms with Crippen molar-refractivity contribution >= 4 is 27.9 Å². The Kier molecular flexibility index (Phi) is 6.68. The van der Waals surface area contributed by atoms with Crippen LogP contribution in [0.3, 0.4) is 0 Å². The monoisotopic (exact) mass is 356 g/mol. The van der Waals surface area contributed by atoms with Gasteiger partial charge in [-0.2, -0.15) is 0 Å². The van der Waals surface area contributed by atoms with Crippen molar-refractivity contribution in [3.05, 3.63) is 34.3 Å². The fourth-order valence-electron chi connectivity index (χ4n) is 1.94. The normalized spacial score (nSPS) is 11.8.